The van der Waals surface area contributed by atoms with Crippen LogP contribution in [0.3, 0.4) is 0 Å². The van der Waals surface area contributed by atoms with Crippen molar-refractivity contribution in [2.24, 2.45) is 16.0 Å². The van der Waals surface area contributed by atoms with Crippen molar-refractivity contribution in [3.05, 3.63) is 35.9 Å². The molecule has 36 heavy (non-hydrogen) atoms. The SMILES string of the molecule is O=C(Nc1cn(C2CCC(CO)CC2)nc1C(F)F)C1=C[N+]2(C=CC(N3C[C@H]4C[C@@H]3CO4)=NC2)N=C1. The standard InChI is InChI=1S/C24H29F2N7O3/c25-23(26)22-20(10-32(30-22)17-3-1-15(12-34)2-4-17)29-24(35)16-8-28-33(11-16)6-5-21(27-14-33)31-9-19-7-18(31)13-36-19/h5-6,8,10-11,15,17-19,23,34H,1-4,7,9,12-14H2/p+1/t15?,17?,18-,19-,33?/m1/s1. The number of morpholine rings is 1. The van der Waals surface area contributed by atoms with Crippen LogP contribution in [0.1, 0.15) is 50.3 Å². The van der Waals surface area contributed by atoms with E-state index in [4.69, 9.17) is 9.73 Å². The Morgan fingerprint density at radius 1 is 1.28 bits per heavy atom. The molecule has 1 saturated carbocycles. The molecule has 4 aliphatic heterocycles. The molecular formula is C24H30F2N7O3+. The van der Waals surface area contributed by atoms with Crippen LogP contribution in [-0.2, 0) is 9.53 Å². The van der Waals surface area contributed by atoms with Crippen molar-refractivity contribution in [3.8, 4) is 0 Å². The molecular weight excluding hydrogens is 472 g/mol. The molecule has 2 saturated heterocycles. The number of carbonyl (C=O) groups is 1. The van der Waals surface area contributed by atoms with Crippen LogP contribution in [0.4, 0.5) is 14.5 Å². The van der Waals surface area contributed by atoms with E-state index in [1.54, 1.807) is 6.20 Å². The van der Waals surface area contributed by atoms with E-state index in [-0.39, 0.29) is 40.5 Å². The smallest absolute Gasteiger partial charge is 0.284 e. The molecule has 5 heterocycles. The first-order chi connectivity index (χ1) is 17.4. The van der Waals surface area contributed by atoms with Gasteiger partial charge in [-0.15, -0.1) is 4.59 Å². The molecule has 1 spiro atoms. The number of aliphatic hydroxyl groups is 1. The van der Waals surface area contributed by atoms with E-state index in [9.17, 15) is 18.7 Å². The van der Waals surface area contributed by atoms with E-state index < -0.39 is 18.0 Å². The lowest BCUT2D eigenvalue weighted by molar-refractivity contribution is -0.832. The predicted octanol–water partition coefficient (Wildman–Crippen LogP) is 2.54. The van der Waals surface area contributed by atoms with Gasteiger partial charge in [-0.25, -0.2) is 13.8 Å². The molecule has 2 N–H and O–H groups in total. The van der Waals surface area contributed by atoms with Crippen molar-refractivity contribution >= 4 is 23.6 Å². The third-order valence-electron chi connectivity index (χ3n) is 7.84. The molecule has 2 bridgehead atoms. The highest BCUT2D eigenvalue weighted by Gasteiger charge is 2.42. The number of alkyl halides is 2. The van der Waals surface area contributed by atoms with E-state index in [2.05, 4.69) is 20.4 Å². The number of aliphatic hydroxyl groups excluding tert-OH is 1. The van der Waals surface area contributed by atoms with Crippen LogP contribution in [-0.4, -0.2) is 80.9 Å². The summed E-state index contributed by atoms with van der Waals surface area (Å²) in [6.45, 7) is 2.03. The van der Waals surface area contributed by atoms with E-state index >= 15 is 0 Å². The number of fused-ring (bicyclic) bond motifs is 2. The van der Waals surface area contributed by atoms with Crippen LogP contribution >= 0.6 is 0 Å². The number of rotatable bonds is 5. The number of aliphatic imine (C=N–C) groups is 1. The number of nitrogens with one attached hydrogen (secondary N) is 1. The minimum absolute atomic E-state index is 0.00725. The number of ether oxygens (including phenoxy) is 1. The number of hydrogen-bond donors (Lipinski definition) is 2. The maximum atomic E-state index is 13.7. The number of halogens is 2. The van der Waals surface area contributed by atoms with Gasteiger partial charge in [0, 0.05) is 25.4 Å². The second-order valence-corrected chi connectivity index (χ2v) is 10.2. The maximum absolute atomic E-state index is 13.7. The second-order valence-electron chi connectivity index (χ2n) is 10.2. The Kier molecular flexibility index (Phi) is 5.97. The zero-order valence-corrected chi connectivity index (χ0v) is 19.8. The van der Waals surface area contributed by atoms with E-state index in [1.807, 2.05) is 12.3 Å². The minimum atomic E-state index is -2.82. The van der Waals surface area contributed by atoms with Crippen LogP contribution in [0.5, 0.6) is 0 Å². The summed E-state index contributed by atoms with van der Waals surface area (Å²) in [6, 6.07) is 0.332. The Balaban J connectivity index is 1.13. The average molecular weight is 503 g/mol. The summed E-state index contributed by atoms with van der Waals surface area (Å²) in [4.78, 5) is 19.9. The summed E-state index contributed by atoms with van der Waals surface area (Å²) < 4.78 is 34.7. The highest BCUT2D eigenvalue weighted by atomic mass is 19.3. The maximum Gasteiger partial charge on any atom is 0.284 e. The Morgan fingerprint density at radius 3 is 2.75 bits per heavy atom. The van der Waals surface area contributed by atoms with Gasteiger partial charge in [0.2, 0.25) is 6.67 Å². The highest BCUT2D eigenvalue weighted by molar-refractivity contribution is 6.18. The Labute approximate surface area is 207 Å². The third kappa shape index (κ3) is 4.27. The van der Waals surface area contributed by atoms with E-state index in [0.717, 1.165) is 51.1 Å². The van der Waals surface area contributed by atoms with Crippen LogP contribution < -0.4 is 5.32 Å². The number of hydrogen-bond acceptors (Lipinski definition) is 7. The first kappa shape index (κ1) is 23.4. The number of amidine groups is 1. The lowest BCUT2D eigenvalue weighted by atomic mass is 9.87. The molecule has 6 rings (SSSR count). The Bertz CT molecular complexity index is 1150. The van der Waals surface area contributed by atoms with Gasteiger partial charge in [-0.1, -0.05) is 5.10 Å². The molecule has 1 amide bonds. The summed E-state index contributed by atoms with van der Waals surface area (Å²) in [5.41, 5.74) is -0.153. The van der Waals surface area contributed by atoms with Gasteiger partial charge in [0.05, 0.1) is 30.5 Å². The van der Waals surface area contributed by atoms with Gasteiger partial charge in [0.25, 0.3) is 12.3 Å². The lowest BCUT2D eigenvalue weighted by Crippen LogP contribution is -2.44. The number of likely N-dealkylation sites (tertiary alicyclic amines) is 1. The first-order valence-electron chi connectivity index (χ1n) is 12.5. The fourth-order valence-electron chi connectivity index (χ4n) is 5.74. The molecule has 0 radical (unpaired) electrons. The minimum Gasteiger partial charge on any atom is -0.396 e. The summed E-state index contributed by atoms with van der Waals surface area (Å²) in [5, 5.41) is 20.5. The van der Waals surface area contributed by atoms with Gasteiger partial charge in [-0.05, 0) is 38.0 Å². The molecule has 1 unspecified atom stereocenters. The van der Waals surface area contributed by atoms with Gasteiger partial charge in [-0.3, -0.25) is 9.48 Å². The second kappa shape index (κ2) is 9.16. The first-order valence-corrected chi connectivity index (χ1v) is 12.5. The van der Waals surface area contributed by atoms with Crippen molar-refractivity contribution in [1.82, 2.24) is 14.7 Å². The molecule has 3 atom stereocenters. The summed E-state index contributed by atoms with van der Waals surface area (Å²) in [5.74, 6) is 0.632. The third-order valence-corrected chi connectivity index (χ3v) is 7.84. The topological polar surface area (TPSA) is 104 Å². The number of quaternary nitrogens is 1. The van der Waals surface area contributed by atoms with Crippen LogP contribution in [0.15, 0.2) is 40.3 Å². The predicted molar refractivity (Wildman–Crippen MR) is 127 cm³/mol. The van der Waals surface area contributed by atoms with Crippen molar-refractivity contribution < 1.29 is 28.0 Å². The molecule has 12 heteroatoms. The summed E-state index contributed by atoms with van der Waals surface area (Å²) in [6.07, 6.45) is 10.0. The van der Waals surface area contributed by atoms with Gasteiger partial charge in [0.15, 0.2) is 5.69 Å². The fraction of sp³-hybridized carbons (Fsp3) is 0.583. The summed E-state index contributed by atoms with van der Waals surface area (Å²) >= 11 is 0. The van der Waals surface area contributed by atoms with Crippen molar-refractivity contribution in [2.75, 3.05) is 31.7 Å². The number of nitrogens with zero attached hydrogens (tertiary/aromatic N) is 6. The molecule has 3 fully saturated rings. The van der Waals surface area contributed by atoms with Gasteiger partial charge in [0.1, 0.15) is 30.0 Å². The quantitative estimate of drug-likeness (QED) is 0.603. The van der Waals surface area contributed by atoms with Crippen LogP contribution in [0.25, 0.3) is 0 Å². The van der Waals surface area contributed by atoms with Crippen molar-refractivity contribution in [1.29, 1.82) is 0 Å². The Morgan fingerprint density at radius 2 is 2.11 bits per heavy atom. The number of anilines is 1. The molecule has 1 aromatic heterocycles. The van der Waals surface area contributed by atoms with E-state index in [1.165, 1.54) is 17.1 Å². The zero-order valence-electron chi connectivity index (χ0n) is 19.8. The summed E-state index contributed by atoms with van der Waals surface area (Å²) in [7, 11) is 0. The van der Waals surface area contributed by atoms with E-state index in [0.29, 0.717) is 12.7 Å². The molecule has 5 aliphatic rings. The number of aromatic nitrogens is 2. The number of amides is 1. The van der Waals surface area contributed by atoms with Crippen LogP contribution in [0, 0.1) is 5.92 Å². The molecule has 0 aromatic carbocycles. The monoisotopic (exact) mass is 502 g/mol. The van der Waals surface area contributed by atoms with Gasteiger partial charge in [-0.2, -0.15) is 5.10 Å². The van der Waals surface area contributed by atoms with Crippen molar-refractivity contribution in [3.63, 3.8) is 0 Å². The van der Waals surface area contributed by atoms with Gasteiger partial charge >= 0.3 is 0 Å². The molecule has 1 aromatic rings. The molecule has 1 aliphatic carbocycles. The van der Waals surface area contributed by atoms with Crippen molar-refractivity contribution in [2.45, 2.75) is 56.7 Å². The lowest BCUT2D eigenvalue weighted by Gasteiger charge is -2.31. The molecule has 10 nitrogen and oxygen atoms in total. The van der Waals surface area contributed by atoms with Crippen LogP contribution in [0.2, 0.25) is 0 Å². The molecule has 192 valence electrons. The van der Waals surface area contributed by atoms with Gasteiger partial charge < -0.3 is 20.1 Å². The number of carbonyl (C=O) groups excluding carboxylic acids is 1. The zero-order chi connectivity index (χ0) is 24.9. The average Bonchev–Trinajstić information content (AvgIpc) is 3.69. The largest absolute Gasteiger partial charge is 0.396 e. The normalized spacial score (nSPS) is 33.1. The highest BCUT2D eigenvalue weighted by Crippen LogP contribution is 2.35. The fourth-order valence-corrected chi connectivity index (χ4v) is 5.74. The Hall–Kier alpha value is -2.96.